The Kier molecular flexibility index (Phi) is 4.79. The summed E-state index contributed by atoms with van der Waals surface area (Å²) in [7, 11) is 0. The van der Waals surface area contributed by atoms with E-state index in [4.69, 9.17) is 0 Å². The highest BCUT2D eigenvalue weighted by Gasteiger charge is 2.13. The summed E-state index contributed by atoms with van der Waals surface area (Å²) >= 11 is 1.53. The molecule has 1 atom stereocenters. The van der Waals surface area contributed by atoms with Gasteiger partial charge in [-0.05, 0) is 39.9 Å². The SMILES string of the molecule is CCc1cccc2c(CC(=O)NCC(O)c3ccsc3)c[nH]c12. The van der Waals surface area contributed by atoms with E-state index in [-0.39, 0.29) is 12.5 Å². The van der Waals surface area contributed by atoms with Gasteiger partial charge in [0.2, 0.25) is 5.91 Å². The van der Waals surface area contributed by atoms with Crippen LogP contribution >= 0.6 is 11.3 Å². The molecule has 0 bridgehead atoms. The molecule has 0 saturated carbocycles. The monoisotopic (exact) mass is 328 g/mol. The van der Waals surface area contributed by atoms with Crippen LogP contribution in [-0.2, 0) is 17.6 Å². The number of carbonyl (C=O) groups excluding carboxylic acids is 1. The minimum atomic E-state index is -0.653. The van der Waals surface area contributed by atoms with Crippen LogP contribution in [0.4, 0.5) is 0 Å². The Labute approximate surface area is 139 Å². The Bertz CT molecular complexity index is 793. The molecule has 2 heterocycles. The van der Waals surface area contributed by atoms with Crippen LogP contribution in [0.5, 0.6) is 0 Å². The number of rotatable bonds is 6. The zero-order valence-electron chi connectivity index (χ0n) is 13.0. The van der Waals surface area contributed by atoms with Gasteiger partial charge in [-0.1, -0.05) is 25.1 Å². The van der Waals surface area contributed by atoms with Crippen molar-refractivity contribution in [3.05, 3.63) is 57.9 Å². The molecule has 5 heteroatoms. The third-order valence-corrected chi connectivity index (χ3v) is 4.74. The molecule has 1 amide bonds. The van der Waals surface area contributed by atoms with E-state index in [1.165, 1.54) is 16.9 Å². The predicted octanol–water partition coefficient (Wildman–Crippen LogP) is 3.18. The fourth-order valence-electron chi connectivity index (χ4n) is 2.74. The molecule has 0 spiro atoms. The van der Waals surface area contributed by atoms with Gasteiger partial charge in [0.05, 0.1) is 12.5 Å². The first-order valence-electron chi connectivity index (χ1n) is 7.73. The molecule has 3 N–H and O–H groups in total. The Morgan fingerprint density at radius 2 is 2.22 bits per heavy atom. The van der Waals surface area contributed by atoms with E-state index < -0.39 is 6.10 Å². The summed E-state index contributed by atoms with van der Waals surface area (Å²) in [4.78, 5) is 15.4. The van der Waals surface area contributed by atoms with Crippen LogP contribution in [0.15, 0.2) is 41.2 Å². The maximum Gasteiger partial charge on any atom is 0.224 e. The number of carbonyl (C=O) groups is 1. The highest BCUT2D eigenvalue weighted by Crippen LogP contribution is 2.22. The first kappa shape index (κ1) is 15.8. The number of aromatic nitrogens is 1. The summed E-state index contributed by atoms with van der Waals surface area (Å²) < 4.78 is 0. The molecule has 1 unspecified atom stereocenters. The van der Waals surface area contributed by atoms with Crippen molar-refractivity contribution < 1.29 is 9.90 Å². The van der Waals surface area contributed by atoms with E-state index in [1.807, 2.05) is 35.2 Å². The largest absolute Gasteiger partial charge is 0.387 e. The maximum absolute atomic E-state index is 12.1. The average molecular weight is 328 g/mol. The van der Waals surface area contributed by atoms with E-state index in [0.29, 0.717) is 6.42 Å². The van der Waals surface area contributed by atoms with Crippen molar-refractivity contribution >= 4 is 28.1 Å². The van der Waals surface area contributed by atoms with Crippen molar-refractivity contribution in [2.45, 2.75) is 25.9 Å². The first-order valence-corrected chi connectivity index (χ1v) is 8.68. The lowest BCUT2D eigenvalue weighted by molar-refractivity contribution is -0.120. The number of benzene rings is 1. The van der Waals surface area contributed by atoms with Crippen molar-refractivity contribution in [1.82, 2.24) is 10.3 Å². The van der Waals surface area contributed by atoms with Gasteiger partial charge in [-0.3, -0.25) is 4.79 Å². The Hall–Kier alpha value is -2.11. The number of aromatic amines is 1. The lowest BCUT2D eigenvalue weighted by Crippen LogP contribution is -2.29. The van der Waals surface area contributed by atoms with E-state index in [1.54, 1.807) is 0 Å². The van der Waals surface area contributed by atoms with Gasteiger partial charge in [-0.2, -0.15) is 11.3 Å². The molecule has 3 rings (SSSR count). The number of aryl methyl sites for hydroxylation is 1. The Balaban J connectivity index is 1.64. The van der Waals surface area contributed by atoms with E-state index >= 15 is 0 Å². The second-order valence-electron chi connectivity index (χ2n) is 5.56. The number of amides is 1. The molecular formula is C18H20N2O2S. The fourth-order valence-corrected chi connectivity index (χ4v) is 3.45. The summed E-state index contributed by atoms with van der Waals surface area (Å²) in [5.41, 5.74) is 4.19. The van der Waals surface area contributed by atoms with Gasteiger partial charge in [0.15, 0.2) is 0 Å². The summed E-state index contributed by atoms with van der Waals surface area (Å²) in [6.45, 7) is 2.35. The van der Waals surface area contributed by atoms with Gasteiger partial charge in [-0.15, -0.1) is 0 Å². The number of thiophene rings is 1. The fraction of sp³-hybridized carbons (Fsp3) is 0.278. The summed E-state index contributed by atoms with van der Waals surface area (Å²) in [6.07, 6.45) is 2.51. The maximum atomic E-state index is 12.1. The quantitative estimate of drug-likeness (QED) is 0.651. The number of aliphatic hydroxyl groups is 1. The van der Waals surface area contributed by atoms with Crippen molar-refractivity contribution in [2.75, 3.05) is 6.54 Å². The standard InChI is InChI=1S/C18H20N2O2S/c1-2-12-4-3-5-15-14(9-20-18(12)15)8-17(22)19-10-16(21)13-6-7-23-11-13/h3-7,9,11,16,20-21H,2,8,10H2,1H3,(H,19,22). The number of hydrogen-bond acceptors (Lipinski definition) is 3. The molecule has 2 aromatic heterocycles. The van der Waals surface area contributed by atoms with Gasteiger partial charge >= 0.3 is 0 Å². The van der Waals surface area contributed by atoms with Gasteiger partial charge in [0.25, 0.3) is 0 Å². The minimum Gasteiger partial charge on any atom is -0.387 e. The van der Waals surface area contributed by atoms with Crippen molar-refractivity contribution in [1.29, 1.82) is 0 Å². The number of H-pyrrole nitrogens is 1. The molecule has 0 saturated heterocycles. The highest BCUT2D eigenvalue weighted by atomic mass is 32.1. The Morgan fingerprint density at radius 1 is 1.35 bits per heavy atom. The van der Waals surface area contributed by atoms with Gasteiger partial charge in [0, 0.05) is 23.6 Å². The first-order chi connectivity index (χ1) is 11.2. The molecule has 0 radical (unpaired) electrons. The molecule has 0 aliphatic carbocycles. The van der Waals surface area contributed by atoms with Crippen LogP contribution in [0, 0.1) is 0 Å². The van der Waals surface area contributed by atoms with Crippen LogP contribution in [0.2, 0.25) is 0 Å². The molecule has 120 valence electrons. The second-order valence-corrected chi connectivity index (χ2v) is 6.34. The number of fused-ring (bicyclic) bond motifs is 1. The molecule has 3 aromatic rings. The summed E-state index contributed by atoms with van der Waals surface area (Å²) in [5, 5.41) is 17.7. The second kappa shape index (κ2) is 6.98. The number of hydrogen-bond donors (Lipinski definition) is 3. The van der Waals surface area contributed by atoms with Crippen LogP contribution < -0.4 is 5.32 Å². The van der Waals surface area contributed by atoms with Crippen LogP contribution in [0.3, 0.4) is 0 Å². The van der Waals surface area contributed by atoms with Gasteiger partial charge in [-0.25, -0.2) is 0 Å². The van der Waals surface area contributed by atoms with Crippen LogP contribution in [-0.4, -0.2) is 22.5 Å². The van der Waals surface area contributed by atoms with Crippen molar-refractivity contribution in [3.8, 4) is 0 Å². The molecular weight excluding hydrogens is 308 g/mol. The van der Waals surface area contributed by atoms with Crippen LogP contribution in [0.25, 0.3) is 10.9 Å². The minimum absolute atomic E-state index is 0.0814. The lowest BCUT2D eigenvalue weighted by atomic mass is 10.1. The van der Waals surface area contributed by atoms with E-state index in [9.17, 15) is 9.90 Å². The zero-order chi connectivity index (χ0) is 16.2. The van der Waals surface area contributed by atoms with Crippen molar-refractivity contribution in [3.63, 3.8) is 0 Å². The molecule has 1 aromatic carbocycles. The summed E-state index contributed by atoms with van der Waals surface area (Å²) in [5.74, 6) is -0.0814. The zero-order valence-corrected chi connectivity index (χ0v) is 13.8. The van der Waals surface area contributed by atoms with E-state index in [0.717, 1.165) is 28.5 Å². The number of aliphatic hydroxyl groups excluding tert-OH is 1. The highest BCUT2D eigenvalue weighted by molar-refractivity contribution is 7.07. The Morgan fingerprint density at radius 3 is 2.96 bits per heavy atom. The van der Waals surface area contributed by atoms with E-state index in [2.05, 4.69) is 23.3 Å². The summed E-state index contributed by atoms with van der Waals surface area (Å²) in [6, 6.07) is 8.03. The smallest absolute Gasteiger partial charge is 0.224 e. The van der Waals surface area contributed by atoms with Gasteiger partial charge in [0.1, 0.15) is 0 Å². The third-order valence-electron chi connectivity index (χ3n) is 4.04. The molecule has 0 fully saturated rings. The normalized spacial score (nSPS) is 12.4. The third kappa shape index (κ3) is 3.46. The molecule has 23 heavy (non-hydrogen) atoms. The lowest BCUT2D eigenvalue weighted by Gasteiger charge is -2.10. The average Bonchev–Trinajstić information content (AvgIpc) is 3.22. The van der Waals surface area contributed by atoms with Crippen LogP contribution in [0.1, 0.15) is 29.7 Å². The topological polar surface area (TPSA) is 65.1 Å². The number of para-hydroxylation sites is 1. The molecule has 4 nitrogen and oxygen atoms in total. The molecule has 0 aliphatic heterocycles. The van der Waals surface area contributed by atoms with Crippen molar-refractivity contribution in [2.24, 2.45) is 0 Å². The number of nitrogens with one attached hydrogen (secondary N) is 2. The van der Waals surface area contributed by atoms with Gasteiger partial charge < -0.3 is 15.4 Å². The molecule has 0 aliphatic rings. The predicted molar refractivity (Wildman–Crippen MR) is 93.7 cm³/mol.